The van der Waals surface area contributed by atoms with Crippen molar-refractivity contribution in [2.24, 2.45) is 0 Å². The molecule has 0 spiro atoms. The third-order valence-corrected chi connectivity index (χ3v) is 1.90. The molecule has 1 unspecified atom stereocenters. The van der Waals surface area contributed by atoms with Crippen LogP contribution in [0, 0.1) is 0 Å². The fourth-order valence-electron chi connectivity index (χ4n) is 1.19. The molecule has 2 N–H and O–H groups in total. The molecule has 1 aromatic rings. The molecule has 0 bridgehead atoms. The molecule has 0 radical (unpaired) electrons. The van der Waals surface area contributed by atoms with E-state index in [9.17, 15) is 4.79 Å². The van der Waals surface area contributed by atoms with Gasteiger partial charge in [0.25, 0.3) is 5.91 Å². The van der Waals surface area contributed by atoms with Gasteiger partial charge in [0.2, 0.25) is 6.10 Å². The summed E-state index contributed by atoms with van der Waals surface area (Å²) >= 11 is 0. The van der Waals surface area contributed by atoms with Crippen molar-refractivity contribution in [1.29, 1.82) is 0 Å². The van der Waals surface area contributed by atoms with Gasteiger partial charge in [-0.1, -0.05) is 24.8 Å². The van der Waals surface area contributed by atoms with Gasteiger partial charge in [0.15, 0.2) is 0 Å². The van der Waals surface area contributed by atoms with E-state index in [4.69, 9.17) is 4.74 Å². The Kier molecular flexibility index (Phi) is 2.10. The number of rotatable bonds is 2. The zero-order valence-electron chi connectivity index (χ0n) is 7.49. The molecule has 2 rings (SSSR count). The molecule has 1 amide bonds. The van der Waals surface area contributed by atoms with Crippen LogP contribution in [0.1, 0.15) is 0 Å². The minimum atomic E-state index is -0.641. The molecule has 14 heavy (non-hydrogen) atoms. The van der Waals surface area contributed by atoms with E-state index in [2.05, 4.69) is 17.4 Å². The summed E-state index contributed by atoms with van der Waals surface area (Å²) in [6.45, 7) is 3.66. The van der Waals surface area contributed by atoms with Crippen LogP contribution in [0.5, 0.6) is 5.75 Å². The third kappa shape index (κ3) is 1.54. The molecular weight excluding hydrogens is 180 g/mol. The molecular formula is C10H10N2O2. The molecule has 1 fully saturated rings. The summed E-state index contributed by atoms with van der Waals surface area (Å²) in [4.78, 5) is 11.2. The highest BCUT2D eigenvalue weighted by Crippen LogP contribution is 2.15. The van der Waals surface area contributed by atoms with E-state index < -0.39 is 6.10 Å². The number of ether oxygens (including phenoxy) is 1. The van der Waals surface area contributed by atoms with E-state index in [0.29, 0.717) is 11.4 Å². The molecule has 1 heterocycles. The lowest BCUT2D eigenvalue weighted by molar-refractivity contribution is -0.124. The Labute approximate surface area is 81.5 Å². The Morgan fingerprint density at radius 3 is 2.50 bits per heavy atom. The van der Waals surface area contributed by atoms with Gasteiger partial charge in [0.1, 0.15) is 5.75 Å². The molecule has 1 saturated heterocycles. The fourth-order valence-corrected chi connectivity index (χ4v) is 1.19. The molecule has 0 aliphatic carbocycles. The molecule has 1 aliphatic rings. The minimum absolute atomic E-state index is 0.223. The first-order chi connectivity index (χ1) is 6.77. The van der Waals surface area contributed by atoms with Crippen LogP contribution in [0.25, 0.3) is 0 Å². The van der Waals surface area contributed by atoms with Crippen molar-refractivity contribution < 1.29 is 9.53 Å². The highest BCUT2D eigenvalue weighted by molar-refractivity contribution is 5.86. The fraction of sp³-hybridized carbons (Fsp3) is 0.100. The Morgan fingerprint density at radius 1 is 1.21 bits per heavy atom. The topological polar surface area (TPSA) is 50.4 Å². The van der Waals surface area contributed by atoms with Gasteiger partial charge in [-0.25, -0.2) is 0 Å². The minimum Gasteiger partial charge on any atom is -0.474 e. The first-order valence-corrected chi connectivity index (χ1v) is 4.24. The summed E-state index contributed by atoms with van der Waals surface area (Å²) in [7, 11) is 0. The Balaban J connectivity index is 2.11. The second kappa shape index (κ2) is 3.41. The van der Waals surface area contributed by atoms with Gasteiger partial charge in [-0.2, -0.15) is 0 Å². The smallest absolute Gasteiger partial charge is 0.285 e. The van der Waals surface area contributed by atoms with Crippen LogP contribution in [-0.4, -0.2) is 12.0 Å². The predicted octanol–water partition coefficient (Wildman–Crippen LogP) is 0.582. The van der Waals surface area contributed by atoms with E-state index in [1.165, 1.54) is 0 Å². The van der Waals surface area contributed by atoms with Crippen molar-refractivity contribution in [3.05, 3.63) is 42.6 Å². The van der Waals surface area contributed by atoms with Crippen LogP contribution in [0.2, 0.25) is 0 Å². The van der Waals surface area contributed by atoms with Crippen LogP contribution in [0.4, 0.5) is 0 Å². The van der Waals surface area contributed by atoms with Crippen LogP contribution < -0.4 is 15.6 Å². The zero-order chi connectivity index (χ0) is 9.97. The van der Waals surface area contributed by atoms with Crippen molar-refractivity contribution in [2.75, 3.05) is 0 Å². The van der Waals surface area contributed by atoms with E-state index in [-0.39, 0.29) is 5.91 Å². The largest absolute Gasteiger partial charge is 0.474 e. The number of nitrogens with one attached hydrogen (secondary N) is 2. The van der Waals surface area contributed by atoms with Crippen LogP contribution in [0.15, 0.2) is 42.6 Å². The van der Waals surface area contributed by atoms with Crippen molar-refractivity contribution in [1.82, 2.24) is 10.9 Å². The van der Waals surface area contributed by atoms with E-state index in [1.807, 2.05) is 18.2 Å². The van der Waals surface area contributed by atoms with E-state index in [0.717, 1.165) is 0 Å². The highest BCUT2D eigenvalue weighted by Gasteiger charge is 2.29. The number of para-hydroxylation sites is 1. The maximum absolute atomic E-state index is 11.2. The Bertz CT molecular complexity index is 346. The highest BCUT2D eigenvalue weighted by atomic mass is 16.5. The third-order valence-electron chi connectivity index (χ3n) is 1.90. The van der Waals surface area contributed by atoms with Gasteiger partial charge in [-0.3, -0.25) is 15.6 Å². The normalized spacial score (nSPS) is 20.1. The average molecular weight is 190 g/mol. The van der Waals surface area contributed by atoms with Gasteiger partial charge < -0.3 is 4.74 Å². The van der Waals surface area contributed by atoms with Gasteiger partial charge in [-0.05, 0) is 12.1 Å². The SMILES string of the molecule is C=C1NNC(=O)C1Oc1ccccc1. The summed E-state index contributed by atoms with van der Waals surface area (Å²) in [5.41, 5.74) is 5.57. The number of carbonyl (C=O) groups is 1. The number of hydrogen-bond acceptors (Lipinski definition) is 3. The molecule has 0 aromatic heterocycles. The lowest BCUT2D eigenvalue weighted by atomic mass is 10.3. The summed E-state index contributed by atoms with van der Waals surface area (Å²) in [6, 6.07) is 9.16. The lowest BCUT2D eigenvalue weighted by Crippen LogP contribution is -2.29. The summed E-state index contributed by atoms with van der Waals surface area (Å²) in [5, 5.41) is 0. The van der Waals surface area contributed by atoms with Gasteiger partial charge in [0.05, 0.1) is 5.70 Å². The van der Waals surface area contributed by atoms with E-state index in [1.54, 1.807) is 12.1 Å². The first-order valence-electron chi connectivity index (χ1n) is 4.24. The monoisotopic (exact) mass is 190 g/mol. The first kappa shape index (κ1) is 8.62. The lowest BCUT2D eigenvalue weighted by Gasteiger charge is -2.10. The van der Waals surface area contributed by atoms with Crippen LogP contribution in [-0.2, 0) is 4.79 Å². The second-order valence-corrected chi connectivity index (χ2v) is 2.95. The van der Waals surface area contributed by atoms with Gasteiger partial charge in [-0.15, -0.1) is 0 Å². The molecule has 1 atom stereocenters. The van der Waals surface area contributed by atoms with Crippen molar-refractivity contribution in [3.8, 4) is 5.75 Å². The molecule has 0 saturated carbocycles. The molecule has 72 valence electrons. The number of hydrazine groups is 1. The van der Waals surface area contributed by atoms with Gasteiger partial charge >= 0.3 is 0 Å². The Morgan fingerprint density at radius 2 is 1.93 bits per heavy atom. The number of amides is 1. The summed E-state index contributed by atoms with van der Waals surface area (Å²) < 4.78 is 5.43. The summed E-state index contributed by atoms with van der Waals surface area (Å²) in [5.74, 6) is 0.427. The van der Waals surface area contributed by atoms with Crippen LogP contribution >= 0.6 is 0 Å². The molecule has 4 heteroatoms. The molecule has 1 aromatic carbocycles. The van der Waals surface area contributed by atoms with E-state index >= 15 is 0 Å². The maximum atomic E-state index is 11.2. The van der Waals surface area contributed by atoms with Gasteiger partial charge in [0, 0.05) is 0 Å². The zero-order valence-corrected chi connectivity index (χ0v) is 7.49. The number of benzene rings is 1. The van der Waals surface area contributed by atoms with Crippen molar-refractivity contribution in [2.45, 2.75) is 6.10 Å². The van der Waals surface area contributed by atoms with Crippen molar-refractivity contribution in [3.63, 3.8) is 0 Å². The number of hydrogen-bond donors (Lipinski definition) is 2. The molecule has 4 nitrogen and oxygen atoms in total. The van der Waals surface area contributed by atoms with Crippen molar-refractivity contribution >= 4 is 5.91 Å². The quantitative estimate of drug-likeness (QED) is 0.717. The molecule has 1 aliphatic heterocycles. The maximum Gasteiger partial charge on any atom is 0.285 e. The number of carbonyl (C=O) groups excluding carboxylic acids is 1. The van der Waals surface area contributed by atoms with Crippen LogP contribution in [0.3, 0.4) is 0 Å². The average Bonchev–Trinajstić information content (AvgIpc) is 2.51. The second-order valence-electron chi connectivity index (χ2n) is 2.95. The summed E-state index contributed by atoms with van der Waals surface area (Å²) in [6.07, 6.45) is -0.641. The predicted molar refractivity (Wildman–Crippen MR) is 51.3 cm³/mol. The standard InChI is InChI=1S/C10H10N2O2/c1-7-9(10(13)12-11-7)14-8-5-3-2-4-6-8/h2-6,9,11H,1H2,(H,12,13). The Hall–Kier alpha value is -1.97.